The number of sulfonamides is 1. The Balaban J connectivity index is 2.42. The third-order valence-corrected chi connectivity index (χ3v) is 7.30. The van der Waals surface area contributed by atoms with Gasteiger partial charge < -0.3 is 5.32 Å². The summed E-state index contributed by atoms with van der Waals surface area (Å²) in [5, 5.41) is 5.01. The van der Waals surface area contributed by atoms with Gasteiger partial charge in [0.1, 0.15) is 4.90 Å². The Hall–Kier alpha value is -0.430. The number of nitrogens with one attached hydrogen (secondary N) is 1. The van der Waals surface area contributed by atoms with Gasteiger partial charge in [-0.3, -0.25) is 0 Å². The summed E-state index contributed by atoms with van der Waals surface area (Å²) in [6.45, 7) is 7.36. The molecule has 1 aromatic rings. The summed E-state index contributed by atoms with van der Waals surface area (Å²) < 4.78 is 27.8. The quantitative estimate of drug-likeness (QED) is 0.908. The number of hydrogen-bond donors (Lipinski definition) is 1. The topological polar surface area (TPSA) is 49.4 Å². The Labute approximate surface area is 126 Å². The lowest BCUT2D eigenvalue weighted by molar-refractivity contribution is 0.315. The van der Waals surface area contributed by atoms with Crippen molar-refractivity contribution < 1.29 is 8.42 Å². The molecule has 1 aliphatic heterocycles. The number of thiophene rings is 1. The van der Waals surface area contributed by atoms with E-state index in [4.69, 9.17) is 0 Å². The smallest absolute Gasteiger partial charge is 0.244 e. The second-order valence-corrected chi connectivity index (χ2v) is 8.56. The van der Waals surface area contributed by atoms with Crippen LogP contribution in [0.15, 0.2) is 10.3 Å². The predicted molar refractivity (Wildman–Crippen MR) is 83.6 cm³/mol. The standard InChI is InChI=1S/C14H24N2O2S2/c1-10(2)12-6-5-7-16(12)20(17,18)14-11(3)9-19-13(14)8-15-4/h9-10,12,15H,5-8H2,1-4H3. The van der Waals surface area contributed by atoms with Crippen LogP contribution in [0.3, 0.4) is 0 Å². The Bertz CT molecular complexity index is 564. The normalized spacial score (nSPS) is 20.9. The van der Waals surface area contributed by atoms with E-state index in [1.807, 2.05) is 19.4 Å². The van der Waals surface area contributed by atoms with E-state index < -0.39 is 10.0 Å². The largest absolute Gasteiger partial charge is 0.315 e. The average Bonchev–Trinajstić information content (AvgIpc) is 2.97. The van der Waals surface area contributed by atoms with Crippen LogP contribution in [0.1, 0.15) is 37.1 Å². The van der Waals surface area contributed by atoms with E-state index in [0.29, 0.717) is 23.9 Å². The molecule has 1 fully saturated rings. The number of hydrogen-bond acceptors (Lipinski definition) is 4. The molecule has 114 valence electrons. The van der Waals surface area contributed by atoms with Crippen LogP contribution >= 0.6 is 11.3 Å². The van der Waals surface area contributed by atoms with Gasteiger partial charge in [0.2, 0.25) is 10.0 Å². The SMILES string of the molecule is CNCc1scc(C)c1S(=O)(=O)N1CCCC1C(C)C. The fourth-order valence-corrected chi connectivity index (χ4v) is 6.57. The molecular formula is C14H24N2O2S2. The van der Waals surface area contributed by atoms with Crippen LogP contribution in [0.4, 0.5) is 0 Å². The minimum Gasteiger partial charge on any atom is -0.315 e. The van der Waals surface area contributed by atoms with Gasteiger partial charge in [-0.2, -0.15) is 4.31 Å². The van der Waals surface area contributed by atoms with Crippen molar-refractivity contribution in [3.05, 3.63) is 15.8 Å². The lowest BCUT2D eigenvalue weighted by Gasteiger charge is -2.27. The maximum absolute atomic E-state index is 13.0. The molecule has 0 saturated carbocycles. The molecule has 1 atom stereocenters. The lowest BCUT2D eigenvalue weighted by Crippen LogP contribution is -2.39. The van der Waals surface area contributed by atoms with Crippen LogP contribution < -0.4 is 5.32 Å². The summed E-state index contributed by atoms with van der Waals surface area (Å²) in [5.41, 5.74) is 0.870. The molecule has 0 spiro atoms. The molecule has 2 rings (SSSR count). The second-order valence-electron chi connectivity index (χ2n) is 5.77. The number of rotatable bonds is 5. The summed E-state index contributed by atoms with van der Waals surface area (Å²) in [5.74, 6) is 0.360. The van der Waals surface area contributed by atoms with Crippen LogP contribution in [0.25, 0.3) is 0 Å². The van der Waals surface area contributed by atoms with Crippen LogP contribution in [0.2, 0.25) is 0 Å². The predicted octanol–water partition coefficient (Wildman–Crippen LogP) is 2.59. The van der Waals surface area contributed by atoms with Gasteiger partial charge in [0.05, 0.1) is 0 Å². The molecule has 0 bridgehead atoms. The van der Waals surface area contributed by atoms with Crippen molar-refractivity contribution in [1.29, 1.82) is 0 Å². The molecule has 20 heavy (non-hydrogen) atoms. The molecule has 0 radical (unpaired) electrons. The minimum atomic E-state index is -3.37. The van der Waals surface area contributed by atoms with Crippen molar-refractivity contribution in [1.82, 2.24) is 9.62 Å². The molecule has 6 heteroatoms. The Morgan fingerprint density at radius 3 is 2.80 bits per heavy atom. The molecule has 1 N–H and O–H groups in total. The van der Waals surface area contributed by atoms with Crippen molar-refractivity contribution in [3.8, 4) is 0 Å². The van der Waals surface area contributed by atoms with Gasteiger partial charge in [-0.1, -0.05) is 13.8 Å². The number of aryl methyl sites for hydroxylation is 1. The molecule has 1 saturated heterocycles. The third kappa shape index (κ3) is 2.79. The first-order valence-corrected chi connectivity index (χ1v) is 9.45. The van der Waals surface area contributed by atoms with Crippen LogP contribution in [-0.2, 0) is 16.6 Å². The highest BCUT2D eigenvalue weighted by Gasteiger charge is 2.38. The highest BCUT2D eigenvalue weighted by Crippen LogP contribution is 2.35. The van der Waals surface area contributed by atoms with Crippen molar-refractivity contribution in [2.24, 2.45) is 5.92 Å². The molecule has 0 aliphatic carbocycles. The summed E-state index contributed by atoms with van der Waals surface area (Å²) >= 11 is 1.53. The fourth-order valence-electron chi connectivity index (χ4n) is 2.96. The zero-order valence-electron chi connectivity index (χ0n) is 12.6. The molecule has 0 amide bonds. The van der Waals surface area contributed by atoms with E-state index in [9.17, 15) is 8.42 Å². The van der Waals surface area contributed by atoms with E-state index in [-0.39, 0.29) is 6.04 Å². The lowest BCUT2D eigenvalue weighted by atomic mass is 10.0. The van der Waals surface area contributed by atoms with E-state index in [1.165, 1.54) is 11.3 Å². The summed E-state index contributed by atoms with van der Waals surface area (Å²) in [4.78, 5) is 1.45. The maximum Gasteiger partial charge on any atom is 0.244 e. The van der Waals surface area contributed by atoms with Crippen LogP contribution in [-0.4, -0.2) is 32.4 Å². The zero-order valence-corrected chi connectivity index (χ0v) is 14.3. The average molecular weight is 316 g/mol. The van der Waals surface area contributed by atoms with E-state index in [0.717, 1.165) is 23.3 Å². The highest BCUT2D eigenvalue weighted by molar-refractivity contribution is 7.89. The second kappa shape index (κ2) is 6.13. The summed E-state index contributed by atoms with van der Waals surface area (Å²) in [7, 11) is -1.52. The Morgan fingerprint density at radius 2 is 2.20 bits per heavy atom. The summed E-state index contributed by atoms with van der Waals surface area (Å²) in [6.07, 6.45) is 1.94. The fraction of sp³-hybridized carbons (Fsp3) is 0.714. The zero-order chi connectivity index (χ0) is 14.9. The van der Waals surface area contributed by atoms with Gasteiger partial charge >= 0.3 is 0 Å². The molecule has 0 aromatic carbocycles. The van der Waals surface area contributed by atoms with E-state index in [1.54, 1.807) is 4.31 Å². The highest BCUT2D eigenvalue weighted by atomic mass is 32.2. The van der Waals surface area contributed by atoms with Crippen LogP contribution in [0, 0.1) is 12.8 Å². The van der Waals surface area contributed by atoms with E-state index in [2.05, 4.69) is 19.2 Å². The molecule has 1 unspecified atom stereocenters. The van der Waals surface area contributed by atoms with Crippen molar-refractivity contribution >= 4 is 21.4 Å². The molecule has 1 aliphatic rings. The first-order chi connectivity index (χ1) is 9.39. The van der Waals surface area contributed by atoms with Gasteiger partial charge in [-0.05, 0) is 43.7 Å². The minimum absolute atomic E-state index is 0.140. The molecule has 4 nitrogen and oxygen atoms in total. The van der Waals surface area contributed by atoms with Gasteiger partial charge in [-0.25, -0.2) is 8.42 Å². The first-order valence-electron chi connectivity index (χ1n) is 7.13. The maximum atomic E-state index is 13.0. The molecular weight excluding hydrogens is 292 g/mol. The van der Waals surface area contributed by atoms with Gasteiger partial charge in [-0.15, -0.1) is 11.3 Å². The third-order valence-electron chi connectivity index (χ3n) is 3.91. The van der Waals surface area contributed by atoms with Gasteiger partial charge in [0.25, 0.3) is 0 Å². The van der Waals surface area contributed by atoms with Gasteiger partial charge in [0.15, 0.2) is 0 Å². The summed E-state index contributed by atoms with van der Waals surface area (Å²) in [6, 6.07) is 0.140. The van der Waals surface area contributed by atoms with Crippen molar-refractivity contribution in [2.75, 3.05) is 13.6 Å². The Morgan fingerprint density at radius 1 is 1.50 bits per heavy atom. The first kappa shape index (κ1) is 15.9. The van der Waals surface area contributed by atoms with Crippen molar-refractivity contribution in [2.45, 2.75) is 51.1 Å². The molecule has 1 aromatic heterocycles. The van der Waals surface area contributed by atoms with Crippen molar-refractivity contribution in [3.63, 3.8) is 0 Å². The van der Waals surface area contributed by atoms with E-state index >= 15 is 0 Å². The molecule has 2 heterocycles. The van der Waals surface area contributed by atoms with Crippen LogP contribution in [0.5, 0.6) is 0 Å². The number of nitrogens with zero attached hydrogens (tertiary/aromatic N) is 1. The monoisotopic (exact) mass is 316 g/mol. The Kier molecular flexibility index (Phi) is 4.89. The van der Waals surface area contributed by atoms with Gasteiger partial charge in [0, 0.05) is 24.0 Å².